The first-order valence-corrected chi connectivity index (χ1v) is 46.8. The number of aliphatic carboxylic acids is 2. The molecule has 3 saturated heterocycles. The van der Waals surface area contributed by atoms with Crippen LogP contribution in [0.25, 0.3) is 21.8 Å². The summed E-state index contributed by atoms with van der Waals surface area (Å²) >= 11 is 0. The molecule has 5 heterocycles. The van der Waals surface area contributed by atoms with Crippen LogP contribution in [0.2, 0.25) is 0 Å². The van der Waals surface area contributed by atoms with Crippen LogP contribution in [0, 0.1) is 11.8 Å². The lowest BCUT2D eigenvalue weighted by atomic mass is 9.97. The number of carboxylic acids is 2. The lowest BCUT2D eigenvalue weighted by Gasteiger charge is -2.38. The molecule has 0 saturated carbocycles. The van der Waals surface area contributed by atoms with Gasteiger partial charge in [0.05, 0.1) is 18.7 Å². The summed E-state index contributed by atoms with van der Waals surface area (Å²) in [7, 11) is 0. The summed E-state index contributed by atoms with van der Waals surface area (Å²) in [6.07, 6.45) is -1.38. The third-order valence-electron chi connectivity index (χ3n) is 24.2. The SMILES string of the molecule is CC(=O)NC(Cc1ccccc1)C(=O)NC(CCC(=O)O)C(=O)NC(Cc1c[nH]c2ccccc12)C(=O)NC(C(=O)N1CCCC1C(=O)NCC(=O)NC(Cc1c[nH]c2ccccc12)C(=O)NC(Cc1ccc(O)cc1)C(=O)NC(CCC(N)=O)C(=O)N(C(=O)C1CCN1)C(Cc1ccc(O)cc1)C(=O)NC(C)C(=O)NC(CC(C)C)C(=O)N1CCCC1C(=O)NC(CC(C)C)C(N)=O)C(C)O.CC(=O)O. The number of aliphatic hydroxyl groups is 1. The molecule has 3 aliphatic heterocycles. The van der Waals surface area contributed by atoms with Crippen LogP contribution in [0.3, 0.4) is 0 Å². The normalized spacial score (nSPS) is 16.9. The molecule has 0 bridgehead atoms. The average Bonchev–Trinajstić information content (AvgIpc) is 1.62. The van der Waals surface area contributed by atoms with Crippen molar-refractivity contribution in [3.8, 4) is 11.5 Å². The highest BCUT2D eigenvalue weighted by molar-refractivity contribution is 6.07. The molecule has 43 heteroatoms. The fraction of sp³-hybridized carbons (Fsp3) is 0.459. The van der Waals surface area contributed by atoms with Crippen molar-refractivity contribution in [2.24, 2.45) is 23.3 Å². The molecule has 141 heavy (non-hydrogen) atoms. The van der Waals surface area contributed by atoms with Crippen LogP contribution in [0.5, 0.6) is 11.5 Å². The van der Waals surface area contributed by atoms with E-state index in [1.165, 1.54) is 74.2 Å². The molecule has 0 radical (unpaired) electrons. The number of imide groups is 1. The fourth-order valence-electron chi connectivity index (χ4n) is 16.9. The number of aromatic amines is 2. The third kappa shape index (κ3) is 32.2. The number of nitrogens with zero attached hydrogens (tertiary/aromatic N) is 3. The maximum absolute atomic E-state index is 15.9. The molecule has 15 atom stereocenters. The number of nitrogens with one attached hydrogen (secondary N) is 14. The lowest BCUT2D eigenvalue weighted by molar-refractivity contribution is -0.156. The molecular formula is C98H127N19O24. The molecule has 0 aliphatic carbocycles. The van der Waals surface area contributed by atoms with Crippen LogP contribution in [0.1, 0.15) is 154 Å². The first-order valence-electron chi connectivity index (χ1n) is 46.8. The number of H-pyrrole nitrogens is 2. The number of hydrogen-bond acceptors (Lipinski definition) is 23. The monoisotopic (exact) mass is 1950 g/mol. The van der Waals surface area contributed by atoms with E-state index in [2.05, 4.69) is 73.8 Å². The van der Waals surface area contributed by atoms with Crippen molar-refractivity contribution in [1.29, 1.82) is 0 Å². The first kappa shape index (κ1) is 109. The van der Waals surface area contributed by atoms with E-state index in [0.29, 0.717) is 49.8 Å². The molecule has 10 rings (SSSR count). The number of benzene rings is 5. The van der Waals surface area contributed by atoms with Crippen LogP contribution in [-0.4, -0.2) is 279 Å². The van der Waals surface area contributed by atoms with E-state index in [-0.39, 0.29) is 112 Å². The van der Waals surface area contributed by atoms with Crippen molar-refractivity contribution >= 4 is 134 Å². The molecule has 43 nitrogen and oxygen atoms in total. The van der Waals surface area contributed by atoms with Gasteiger partial charge in [-0.25, -0.2) is 0 Å². The van der Waals surface area contributed by atoms with Crippen molar-refractivity contribution in [3.05, 3.63) is 168 Å². The van der Waals surface area contributed by atoms with Gasteiger partial charge in [-0.2, -0.15) is 0 Å². The van der Waals surface area contributed by atoms with Crippen LogP contribution in [0.4, 0.5) is 0 Å². The number of rotatable bonds is 48. The summed E-state index contributed by atoms with van der Waals surface area (Å²) in [4.78, 5) is 276. The Kier molecular flexibility index (Phi) is 40.4. The number of phenolic OH excluding ortho intramolecular Hbond substituents is 2. The van der Waals surface area contributed by atoms with Gasteiger partial charge in [0.15, 0.2) is 0 Å². The van der Waals surface area contributed by atoms with Gasteiger partial charge >= 0.3 is 5.97 Å². The fourth-order valence-corrected chi connectivity index (χ4v) is 16.9. The van der Waals surface area contributed by atoms with Crippen molar-refractivity contribution in [3.63, 3.8) is 0 Å². The Bertz CT molecular complexity index is 5640. The molecule has 7 aromatic rings. The number of likely N-dealkylation sites (tertiary alicyclic amines) is 2. The summed E-state index contributed by atoms with van der Waals surface area (Å²) in [5, 5.41) is 82.4. The Balaban J connectivity index is 0.00000544. The minimum atomic E-state index is -1.97. The number of aliphatic hydroxyl groups excluding tert-OH is 1. The highest BCUT2D eigenvalue weighted by Gasteiger charge is 2.47. The molecular weight excluding hydrogens is 1830 g/mol. The second kappa shape index (κ2) is 52.0. The van der Waals surface area contributed by atoms with Gasteiger partial charge in [-0.3, -0.25) is 96.0 Å². The number of nitrogens with two attached hydrogens (primary N) is 2. The predicted molar refractivity (Wildman–Crippen MR) is 511 cm³/mol. The minimum absolute atomic E-state index is 0.0116. The van der Waals surface area contributed by atoms with Crippen molar-refractivity contribution < 1.29 is 117 Å². The summed E-state index contributed by atoms with van der Waals surface area (Å²) in [6.45, 7) is 11.4. The zero-order valence-corrected chi connectivity index (χ0v) is 79.7. The quantitative estimate of drug-likeness (QED) is 0.0235. The smallest absolute Gasteiger partial charge is 0.303 e. The maximum atomic E-state index is 15.9. The van der Waals surface area contributed by atoms with Gasteiger partial charge in [0.1, 0.15) is 90.0 Å². The number of carboxylic acid groups (broad SMARTS) is 2. The second-order valence-electron chi connectivity index (χ2n) is 36.3. The zero-order valence-electron chi connectivity index (χ0n) is 79.7. The second-order valence-corrected chi connectivity index (χ2v) is 36.3. The van der Waals surface area contributed by atoms with Gasteiger partial charge in [-0.15, -0.1) is 0 Å². The molecule has 2 aromatic heterocycles. The Labute approximate surface area is 812 Å². The van der Waals surface area contributed by atoms with Crippen LogP contribution < -0.4 is 75.3 Å². The number of amides is 17. The van der Waals surface area contributed by atoms with E-state index in [4.69, 9.17) is 21.4 Å². The molecule has 15 unspecified atom stereocenters. The largest absolute Gasteiger partial charge is 0.508 e. The minimum Gasteiger partial charge on any atom is -0.508 e. The molecule has 0 spiro atoms. The molecule has 5 aromatic carbocycles. The number of para-hydroxylation sites is 2. The predicted octanol–water partition coefficient (Wildman–Crippen LogP) is -0.175. The zero-order chi connectivity index (χ0) is 103. The molecule has 758 valence electrons. The highest BCUT2D eigenvalue weighted by atomic mass is 16.4. The molecule has 23 N–H and O–H groups in total. The highest BCUT2D eigenvalue weighted by Crippen LogP contribution is 2.28. The number of aromatic hydroxyl groups is 2. The summed E-state index contributed by atoms with van der Waals surface area (Å²) in [5.41, 5.74) is 14.8. The molecule has 3 fully saturated rings. The van der Waals surface area contributed by atoms with Crippen molar-refractivity contribution in [1.82, 2.24) is 88.5 Å². The number of aromatic nitrogens is 2. The summed E-state index contributed by atoms with van der Waals surface area (Å²) in [5.74, 6) is -18.8. The van der Waals surface area contributed by atoms with E-state index in [0.717, 1.165) is 11.8 Å². The van der Waals surface area contributed by atoms with Crippen LogP contribution in [-0.2, 0) is 123 Å². The van der Waals surface area contributed by atoms with Gasteiger partial charge < -0.3 is 121 Å². The number of carbonyl (C=O) groups excluding carboxylic acids is 17. The van der Waals surface area contributed by atoms with Gasteiger partial charge in [0, 0.05) is 106 Å². The summed E-state index contributed by atoms with van der Waals surface area (Å²) in [6, 6.07) is 12.2. The molecule has 3 aliphatic rings. The van der Waals surface area contributed by atoms with E-state index in [1.807, 2.05) is 13.8 Å². The topological polar surface area (TPSA) is 663 Å². The van der Waals surface area contributed by atoms with Crippen LogP contribution >= 0.6 is 0 Å². The Morgan fingerprint density at radius 1 is 0.454 bits per heavy atom. The maximum Gasteiger partial charge on any atom is 0.303 e. The van der Waals surface area contributed by atoms with Gasteiger partial charge in [0.25, 0.3) is 11.9 Å². The lowest BCUT2D eigenvalue weighted by Crippen LogP contribution is -2.66. The van der Waals surface area contributed by atoms with Crippen LogP contribution in [0.15, 0.2) is 140 Å². The first-order chi connectivity index (χ1) is 66.9. The van der Waals surface area contributed by atoms with Crippen molar-refractivity contribution in [2.75, 3.05) is 26.2 Å². The third-order valence-corrected chi connectivity index (χ3v) is 24.2. The Morgan fingerprint density at radius 2 is 0.894 bits per heavy atom. The van der Waals surface area contributed by atoms with Gasteiger partial charge in [-0.1, -0.05) is 119 Å². The van der Waals surface area contributed by atoms with E-state index >= 15 is 24.0 Å². The average molecular weight is 1960 g/mol. The van der Waals surface area contributed by atoms with E-state index < -0.39 is 248 Å². The standard InChI is InChI=1S/C96H123N19O22.C2H4O2/c1-51(2)41-70(83(98)124)108-91(132)77-24-16-39-113(77)93(134)75(42-52(3)4)111-84(125)53(5)103-92(133)78(45-58-27-31-62(119)32-28-58)115(94(135)68-37-38-99-68)95(136)69(33-35-79(97)120)107-87(128)72(44-57-25-29-61(118)30-26-57)109-88(129)73(46-59-48-100-65-21-13-11-19-63(59)65)105-80(121)50-102-90(131)76-23-15-40-114(76)96(137)82(54(6)116)112-89(130)74(47-60-49-101-66-22-14-12-20-64(60)66)110-85(126)67(34-36-81(122)123)106-86(127)71(104-55(7)117)43-56-17-9-8-10-18-56;1-2(3)4/h8-14,17-22,25-32,48-49,51-54,67-78,82,99-101,116,118-119H,15-16,23-24,33-47,50H2,1-7H3,(H2,97,120)(H2,98,124)(H,102,131)(H,103,133)(H,104,117)(H,105,121)(H,106,127)(H,107,128)(H,108,132)(H,109,129)(H,110,126)(H,111,125)(H,112,130)(H,122,123);1H3,(H,3,4). The number of carbonyl (C=O) groups is 19. The number of phenols is 2. The van der Waals surface area contributed by atoms with E-state index in [9.17, 15) is 82.8 Å². The number of primary amides is 2. The van der Waals surface area contributed by atoms with Crippen molar-refractivity contribution in [2.45, 2.75) is 249 Å². The number of fused-ring (bicyclic) bond motifs is 2. The summed E-state index contributed by atoms with van der Waals surface area (Å²) < 4.78 is 0. The van der Waals surface area contributed by atoms with E-state index in [1.54, 1.807) is 105 Å². The Hall–Kier alpha value is -15.2. The number of hydrogen-bond donors (Lipinski definition) is 21. The molecule has 17 amide bonds. The van der Waals surface area contributed by atoms with Gasteiger partial charge in [0.2, 0.25) is 94.5 Å². The Morgan fingerprint density at radius 3 is 1.39 bits per heavy atom. The van der Waals surface area contributed by atoms with Gasteiger partial charge in [-0.05, 0) is 154 Å².